The third-order valence-electron chi connectivity index (χ3n) is 1.63. The monoisotopic (exact) mass is 142 g/mol. The molecule has 2 atom stereocenters. The van der Waals surface area contributed by atoms with Crippen molar-refractivity contribution < 1.29 is 0 Å². The van der Waals surface area contributed by atoms with Gasteiger partial charge in [-0.25, -0.2) is 0 Å². The molecule has 0 aliphatic rings. The lowest BCUT2D eigenvalue weighted by atomic mass is 10.0. The van der Waals surface area contributed by atoms with Crippen molar-refractivity contribution in [3.8, 4) is 0 Å². The van der Waals surface area contributed by atoms with E-state index in [4.69, 9.17) is 5.73 Å². The molecule has 0 amide bonds. The summed E-state index contributed by atoms with van der Waals surface area (Å²) < 4.78 is 0. The minimum atomic E-state index is 0.236. The van der Waals surface area contributed by atoms with Gasteiger partial charge in [0.1, 0.15) is 0 Å². The molecule has 0 radical (unpaired) electrons. The summed E-state index contributed by atoms with van der Waals surface area (Å²) >= 11 is 0. The zero-order valence-corrected chi connectivity index (χ0v) is 7.17. The Bertz CT molecular complexity index is 97.4. The van der Waals surface area contributed by atoms with Gasteiger partial charge in [-0.05, 0) is 20.3 Å². The van der Waals surface area contributed by atoms with Crippen LogP contribution in [-0.2, 0) is 0 Å². The Morgan fingerprint density at radius 1 is 1.50 bits per heavy atom. The Hall–Kier alpha value is -0.370. The van der Waals surface area contributed by atoms with Gasteiger partial charge in [0.05, 0.1) is 0 Å². The van der Waals surface area contributed by atoms with E-state index in [0.717, 1.165) is 13.0 Å². The Labute approximate surface area is 63.5 Å². The largest absolute Gasteiger partial charge is 0.327 e. The quantitative estimate of drug-likeness (QED) is 0.593. The Morgan fingerprint density at radius 3 is 2.40 bits per heavy atom. The molecule has 2 N–H and O–H groups in total. The van der Waals surface area contributed by atoms with Gasteiger partial charge < -0.3 is 5.73 Å². The molecule has 2 unspecified atom stereocenters. The fourth-order valence-corrected chi connectivity index (χ4v) is 0.854. The van der Waals surface area contributed by atoms with Crippen molar-refractivity contribution in [1.82, 2.24) is 0 Å². The summed E-state index contributed by atoms with van der Waals surface area (Å²) in [5, 5.41) is 0. The van der Waals surface area contributed by atoms with Crippen molar-refractivity contribution >= 4 is 6.21 Å². The highest BCUT2D eigenvalue weighted by Gasteiger charge is 2.06. The van der Waals surface area contributed by atoms with Crippen LogP contribution in [-0.4, -0.2) is 18.8 Å². The zero-order valence-electron chi connectivity index (χ0n) is 7.17. The molecule has 0 saturated heterocycles. The van der Waals surface area contributed by atoms with Crippen LogP contribution in [0.5, 0.6) is 0 Å². The number of aliphatic imine (C=N–C) groups is 1. The van der Waals surface area contributed by atoms with Gasteiger partial charge in [0, 0.05) is 24.7 Å². The van der Waals surface area contributed by atoms with Gasteiger partial charge in [-0.1, -0.05) is 6.92 Å². The van der Waals surface area contributed by atoms with Crippen molar-refractivity contribution in [2.75, 3.05) is 6.54 Å². The molecule has 2 heteroatoms. The Kier molecular flexibility index (Phi) is 5.22. The summed E-state index contributed by atoms with van der Waals surface area (Å²) in [6.07, 6.45) is 3.06. The van der Waals surface area contributed by atoms with Gasteiger partial charge in [0.25, 0.3) is 0 Å². The summed E-state index contributed by atoms with van der Waals surface area (Å²) in [7, 11) is 0. The molecule has 0 bridgehead atoms. The molecule has 0 heterocycles. The van der Waals surface area contributed by atoms with Gasteiger partial charge in [-0.3, -0.25) is 4.99 Å². The van der Waals surface area contributed by atoms with E-state index in [9.17, 15) is 0 Å². The highest BCUT2D eigenvalue weighted by molar-refractivity contribution is 5.61. The van der Waals surface area contributed by atoms with E-state index in [1.807, 2.05) is 20.1 Å². The second-order valence-electron chi connectivity index (χ2n) is 2.58. The van der Waals surface area contributed by atoms with E-state index in [2.05, 4.69) is 11.9 Å². The third-order valence-corrected chi connectivity index (χ3v) is 1.63. The van der Waals surface area contributed by atoms with Gasteiger partial charge >= 0.3 is 0 Å². The van der Waals surface area contributed by atoms with Gasteiger partial charge in [0.15, 0.2) is 0 Å². The lowest BCUT2D eigenvalue weighted by Gasteiger charge is -2.12. The van der Waals surface area contributed by atoms with Gasteiger partial charge in [0.2, 0.25) is 0 Å². The van der Waals surface area contributed by atoms with E-state index in [1.165, 1.54) is 0 Å². The molecule has 0 aromatic rings. The normalized spacial score (nSPS) is 17.6. The predicted octanol–water partition coefficient (Wildman–Crippen LogP) is 1.45. The predicted molar refractivity (Wildman–Crippen MR) is 46.5 cm³/mol. The minimum absolute atomic E-state index is 0.236. The smallest absolute Gasteiger partial charge is 0.0357 e. The topological polar surface area (TPSA) is 38.4 Å². The molecule has 0 fully saturated rings. The number of hydrogen-bond acceptors (Lipinski definition) is 2. The van der Waals surface area contributed by atoms with Gasteiger partial charge in [-0.2, -0.15) is 0 Å². The molecule has 0 spiro atoms. The fourth-order valence-electron chi connectivity index (χ4n) is 0.854. The first-order valence-electron chi connectivity index (χ1n) is 3.97. The lowest BCUT2D eigenvalue weighted by Crippen LogP contribution is -2.27. The second-order valence-corrected chi connectivity index (χ2v) is 2.58. The summed E-state index contributed by atoms with van der Waals surface area (Å²) in [4.78, 5) is 4.16. The Balaban J connectivity index is 3.71. The molecule has 2 nitrogen and oxygen atoms in total. The van der Waals surface area contributed by atoms with Crippen molar-refractivity contribution in [3.05, 3.63) is 0 Å². The first kappa shape index (κ1) is 9.63. The standard InChI is InChI=1S/C8H18N2/c1-4-8(7(3)9)6-10-5-2/h6-8H,4-5,9H2,1-3H3. The van der Waals surface area contributed by atoms with Crippen LogP contribution >= 0.6 is 0 Å². The van der Waals surface area contributed by atoms with E-state index in [1.54, 1.807) is 0 Å². The number of rotatable bonds is 4. The van der Waals surface area contributed by atoms with Crippen molar-refractivity contribution in [2.24, 2.45) is 16.6 Å². The van der Waals surface area contributed by atoms with Crippen LogP contribution in [0.25, 0.3) is 0 Å². The second kappa shape index (κ2) is 5.42. The number of hydrogen-bond donors (Lipinski definition) is 1. The Morgan fingerprint density at radius 2 is 2.10 bits per heavy atom. The molecule has 10 heavy (non-hydrogen) atoms. The SMILES string of the molecule is CCN=CC(CC)C(C)N. The van der Waals surface area contributed by atoms with Crippen LogP contribution in [0, 0.1) is 5.92 Å². The first-order valence-corrected chi connectivity index (χ1v) is 3.97. The molecular formula is C8H18N2. The van der Waals surface area contributed by atoms with Crippen LogP contribution < -0.4 is 5.73 Å². The third kappa shape index (κ3) is 3.62. The molecule has 0 aliphatic heterocycles. The van der Waals surface area contributed by atoms with Crippen LogP contribution in [0.2, 0.25) is 0 Å². The van der Waals surface area contributed by atoms with Crippen LogP contribution in [0.3, 0.4) is 0 Å². The number of nitrogens with two attached hydrogens (primary N) is 1. The van der Waals surface area contributed by atoms with Gasteiger partial charge in [-0.15, -0.1) is 0 Å². The van der Waals surface area contributed by atoms with E-state index in [-0.39, 0.29) is 6.04 Å². The van der Waals surface area contributed by atoms with E-state index >= 15 is 0 Å². The first-order chi connectivity index (χ1) is 4.72. The highest BCUT2D eigenvalue weighted by atomic mass is 14.7. The maximum absolute atomic E-state index is 5.70. The summed E-state index contributed by atoms with van der Waals surface area (Å²) in [5.41, 5.74) is 5.70. The molecule has 0 saturated carbocycles. The van der Waals surface area contributed by atoms with Crippen molar-refractivity contribution in [3.63, 3.8) is 0 Å². The average molecular weight is 142 g/mol. The van der Waals surface area contributed by atoms with E-state index < -0.39 is 0 Å². The average Bonchev–Trinajstić information content (AvgIpc) is 1.89. The molecule has 60 valence electrons. The van der Waals surface area contributed by atoms with Crippen LogP contribution in [0.15, 0.2) is 4.99 Å². The van der Waals surface area contributed by atoms with Crippen molar-refractivity contribution in [2.45, 2.75) is 33.2 Å². The molecular weight excluding hydrogens is 124 g/mol. The molecule has 0 aromatic carbocycles. The lowest BCUT2D eigenvalue weighted by molar-refractivity contribution is 0.558. The highest BCUT2D eigenvalue weighted by Crippen LogP contribution is 2.02. The molecule has 0 aromatic heterocycles. The summed E-state index contributed by atoms with van der Waals surface area (Å²) in [5.74, 6) is 0.458. The van der Waals surface area contributed by atoms with Crippen LogP contribution in [0.1, 0.15) is 27.2 Å². The summed E-state index contributed by atoms with van der Waals surface area (Å²) in [6.45, 7) is 7.05. The molecule has 0 aliphatic carbocycles. The molecule has 0 rings (SSSR count). The fraction of sp³-hybridized carbons (Fsp3) is 0.875. The summed E-state index contributed by atoms with van der Waals surface area (Å²) in [6, 6.07) is 0.236. The number of nitrogens with zero attached hydrogens (tertiary/aromatic N) is 1. The maximum atomic E-state index is 5.70. The zero-order chi connectivity index (χ0) is 7.98. The maximum Gasteiger partial charge on any atom is 0.0357 e. The van der Waals surface area contributed by atoms with Crippen LogP contribution in [0.4, 0.5) is 0 Å². The van der Waals surface area contributed by atoms with E-state index in [0.29, 0.717) is 5.92 Å². The van der Waals surface area contributed by atoms with Crippen molar-refractivity contribution in [1.29, 1.82) is 0 Å². The minimum Gasteiger partial charge on any atom is -0.327 e.